The molecule has 0 heterocycles. The number of carboxylic acids is 1. The van der Waals surface area contributed by atoms with Gasteiger partial charge in [0.2, 0.25) is 0 Å². The molecule has 0 spiro atoms. The van der Waals surface area contributed by atoms with E-state index < -0.39 is 16.0 Å². The highest BCUT2D eigenvalue weighted by atomic mass is 32.2. The van der Waals surface area contributed by atoms with Crippen LogP contribution >= 0.6 is 0 Å². The van der Waals surface area contributed by atoms with Gasteiger partial charge in [-0.1, -0.05) is 55.3 Å². The molecule has 0 aliphatic rings. The molecule has 2 N–H and O–H groups in total. The second-order valence-corrected chi connectivity index (χ2v) is 10.4. The van der Waals surface area contributed by atoms with Crippen molar-refractivity contribution in [2.75, 3.05) is 4.72 Å². The first-order chi connectivity index (χ1) is 16.7. The van der Waals surface area contributed by atoms with Gasteiger partial charge in [-0.15, -0.1) is 0 Å². The van der Waals surface area contributed by atoms with Gasteiger partial charge in [0.1, 0.15) is 12.4 Å². The maximum atomic E-state index is 13.1. The highest BCUT2D eigenvalue weighted by Gasteiger charge is 2.18. The number of rotatable bonds is 13. The molecule has 0 atom stereocenters. The quantitative estimate of drug-likeness (QED) is 0.273. The molecule has 0 amide bonds. The van der Waals surface area contributed by atoms with Gasteiger partial charge in [0, 0.05) is 6.42 Å². The first kappa shape index (κ1) is 26.3. The fourth-order valence-electron chi connectivity index (χ4n) is 3.93. The molecule has 0 saturated carbocycles. The summed E-state index contributed by atoms with van der Waals surface area (Å²) < 4.78 is 34.9. The number of unbranched alkanes of at least 4 members (excludes halogenated alkanes) is 3. The molecule has 3 aromatic carbocycles. The summed E-state index contributed by atoms with van der Waals surface area (Å²) in [7, 11) is -3.75. The number of hydrogen-bond donors (Lipinski definition) is 2. The number of carbonyl (C=O) groups is 1. The minimum Gasteiger partial charge on any atom is -0.489 e. The molecule has 0 aliphatic heterocycles. The van der Waals surface area contributed by atoms with Crippen LogP contribution in [0.25, 0.3) is 0 Å². The van der Waals surface area contributed by atoms with Gasteiger partial charge in [-0.25, -0.2) is 8.42 Å². The Kier molecular flexibility index (Phi) is 9.32. The van der Waals surface area contributed by atoms with Crippen molar-refractivity contribution in [1.29, 1.82) is 0 Å². The van der Waals surface area contributed by atoms with Crippen molar-refractivity contribution >= 4 is 21.7 Å². The van der Waals surface area contributed by atoms with Crippen LogP contribution in [0.1, 0.15) is 54.4 Å². The van der Waals surface area contributed by atoms with Crippen molar-refractivity contribution in [2.45, 2.75) is 63.9 Å². The van der Waals surface area contributed by atoms with Gasteiger partial charge in [0.15, 0.2) is 0 Å². The molecule has 186 valence electrons. The van der Waals surface area contributed by atoms with Crippen molar-refractivity contribution in [3.63, 3.8) is 0 Å². The van der Waals surface area contributed by atoms with Crippen molar-refractivity contribution in [2.24, 2.45) is 0 Å². The third-order valence-electron chi connectivity index (χ3n) is 5.81. The summed E-state index contributed by atoms with van der Waals surface area (Å²) in [5.41, 5.74) is 4.14. The fraction of sp³-hybridized carbons (Fsp3) is 0.321. The molecule has 0 bridgehead atoms. The average Bonchev–Trinajstić information content (AvgIpc) is 2.83. The zero-order valence-corrected chi connectivity index (χ0v) is 21.1. The highest BCUT2D eigenvalue weighted by molar-refractivity contribution is 7.92. The van der Waals surface area contributed by atoms with E-state index in [0.29, 0.717) is 24.5 Å². The second-order valence-electron chi connectivity index (χ2n) is 8.77. The Morgan fingerprint density at radius 3 is 2.20 bits per heavy atom. The number of aryl methyl sites for hydroxylation is 3. The summed E-state index contributed by atoms with van der Waals surface area (Å²) in [4.78, 5) is 10.8. The van der Waals surface area contributed by atoms with Crippen LogP contribution in [0.2, 0.25) is 0 Å². The molecule has 35 heavy (non-hydrogen) atoms. The minimum absolute atomic E-state index is 0.193. The highest BCUT2D eigenvalue weighted by Crippen LogP contribution is 2.29. The van der Waals surface area contributed by atoms with Crippen LogP contribution in [0.3, 0.4) is 0 Å². The lowest BCUT2D eigenvalue weighted by Gasteiger charge is -2.16. The summed E-state index contributed by atoms with van der Waals surface area (Å²) in [6.45, 7) is 4.17. The zero-order chi connectivity index (χ0) is 25.3. The Morgan fingerprint density at radius 2 is 1.51 bits per heavy atom. The van der Waals surface area contributed by atoms with Crippen LogP contribution in [0, 0.1) is 13.8 Å². The summed E-state index contributed by atoms with van der Waals surface area (Å²) >= 11 is 0. The SMILES string of the molecule is Cc1cc(OCc2ccccc2)cc(C)c1NS(=O)(=O)c1cccc(CCCCCCC(=O)O)c1. The largest absolute Gasteiger partial charge is 0.489 e. The second kappa shape index (κ2) is 12.4. The molecule has 6 nitrogen and oxygen atoms in total. The number of anilines is 1. The van der Waals surface area contributed by atoms with Crippen LogP contribution in [0.5, 0.6) is 5.75 Å². The lowest BCUT2D eigenvalue weighted by Crippen LogP contribution is -2.15. The standard InChI is InChI=1S/C28H33NO5S/c1-21-17-25(34-20-24-12-7-5-8-13-24)18-22(2)28(21)29-35(32,33)26-15-10-14-23(19-26)11-6-3-4-9-16-27(30)31/h5,7-8,10,12-15,17-19,29H,3-4,6,9,11,16,20H2,1-2H3,(H,30,31). The molecule has 3 aromatic rings. The smallest absolute Gasteiger partial charge is 0.303 e. The van der Waals surface area contributed by atoms with Crippen LogP contribution in [0.4, 0.5) is 5.69 Å². The van der Waals surface area contributed by atoms with Crippen LogP contribution in [0.15, 0.2) is 71.6 Å². The average molecular weight is 496 g/mol. The number of benzene rings is 3. The van der Waals surface area contributed by atoms with E-state index in [0.717, 1.165) is 47.9 Å². The van der Waals surface area contributed by atoms with E-state index in [-0.39, 0.29) is 11.3 Å². The third-order valence-corrected chi connectivity index (χ3v) is 7.15. The van der Waals surface area contributed by atoms with E-state index in [1.54, 1.807) is 18.2 Å². The van der Waals surface area contributed by atoms with Crippen LogP contribution in [-0.4, -0.2) is 19.5 Å². The number of aliphatic carboxylic acids is 1. The Hall–Kier alpha value is -3.32. The Morgan fingerprint density at radius 1 is 0.857 bits per heavy atom. The van der Waals surface area contributed by atoms with Gasteiger partial charge < -0.3 is 9.84 Å². The number of hydrogen-bond acceptors (Lipinski definition) is 4. The first-order valence-corrected chi connectivity index (χ1v) is 13.3. The van der Waals surface area contributed by atoms with Crippen molar-refractivity contribution in [3.8, 4) is 5.75 Å². The van der Waals surface area contributed by atoms with Gasteiger partial charge in [0.25, 0.3) is 10.0 Å². The topological polar surface area (TPSA) is 92.7 Å². The number of ether oxygens (including phenoxy) is 1. The minimum atomic E-state index is -3.75. The van der Waals surface area contributed by atoms with E-state index in [1.807, 2.05) is 62.4 Å². The van der Waals surface area contributed by atoms with Crippen LogP contribution in [-0.2, 0) is 27.8 Å². The van der Waals surface area contributed by atoms with E-state index in [2.05, 4.69) is 4.72 Å². The number of sulfonamides is 1. The molecule has 0 aliphatic carbocycles. The van der Waals surface area contributed by atoms with Gasteiger partial charge in [-0.3, -0.25) is 9.52 Å². The first-order valence-electron chi connectivity index (χ1n) is 11.9. The Labute approximate surface area is 208 Å². The maximum absolute atomic E-state index is 13.1. The molecule has 3 rings (SSSR count). The van der Waals surface area contributed by atoms with Crippen molar-refractivity contribution in [1.82, 2.24) is 0 Å². The number of nitrogens with one attached hydrogen (secondary N) is 1. The molecule has 0 fully saturated rings. The van der Waals surface area contributed by atoms with E-state index in [9.17, 15) is 13.2 Å². The Balaban J connectivity index is 1.63. The van der Waals surface area contributed by atoms with Crippen LogP contribution < -0.4 is 9.46 Å². The summed E-state index contributed by atoms with van der Waals surface area (Å²) in [5.74, 6) is -0.0765. The Bertz CT molecular complexity index is 1220. The van der Waals surface area contributed by atoms with Gasteiger partial charge >= 0.3 is 5.97 Å². The maximum Gasteiger partial charge on any atom is 0.303 e. The van der Waals surface area contributed by atoms with Crippen molar-refractivity contribution < 1.29 is 23.1 Å². The molecular weight excluding hydrogens is 462 g/mol. The summed E-state index contributed by atoms with van der Waals surface area (Å²) in [6, 6.07) is 20.5. The predicted molar refractivity (Wildman–Crippen MR) is 138 cm³/mol. The van der Waals surface area contributed by atoms with E-state index in [1.165, 1.54) is 0 Å². The lowest BCUT2D eigenvalue weighted by atomic mass is 10.1. The molecule has 7 heteroatoms. The number of carboxylic acid groups (broad SMARTS) is 1. The van der Waals surface area contributed by atoms with Gasteiger partial charge in [0.05, 0.1) is 10.6 Å². The summed E-state index contributed by atoms with van der Waals surface area (Å²) in [5, 5.41) is 8.71. The van der Waals surface area contributed by atoms with E-state index >= 15 is 0 Å². The summed E-state index contributed by atoms with van der Waals surface area (Å²) in [6.07, 6.45) is 4.27. The van der Waals surface area contributed by atoms with E-state index in [4.69, 9.17) is 9.84 Å². The molecule has 0 radical (unpaired) electrons. The van der Waals surface area contributed by atoms with Gasteiger partial charge in [-0.05, 0) is 79.6 Å². The molecular formula is C28H33NO5S. The lowest BCUT2D eigenvalue weighted by molar-refractivity contribution is -0.137. The molecule has 0 unspecified atom stereocenters. The monoisotopic (exact) mass is 495 g/mol. The molecule has 0 saturated heterocycles. The molecule has 0 aromatic heterocycles. The third kappa shape index (κ3) is 8.14. The predicted octanol–water partition coefficient (Wildman–Crippen LogP) is 6.26. The fourth-order valence-corrected chi connectivity index (χ4v) is 5.20. The van der Waals surface area contributed by atoms with Crippen molar-refractivity contribution in [3.05, 3.63) is 89.0 Å². The van der Waals surface area contributed by atoms with Gasteiger partial charge in [-0.2, -0.15) is 0 Å². The zero-order valence-electron chi connectivity index (χ0n) is 20.3. The normalized spacial score (nSPS) is 11.3.